The number of aliphatic hydroxyl groups is 1. The average Bonchev–Trinajstić information content (AvgIpc) is 2.89. The quantitative estimate of drug-likeness (QED) is 0.528. The Labute approximate surface area is 146 Å². The molecule has 1 saturated heterocycles. The van der Waals surface area contributed by atoms with E-state index in [1.807, 2.05) is 0 Å². The molecule has 0 aromatic heterocycles. The summed E-state index contributed by atoms with van der Waals surface area (Å²) in [6, 6.07) is 4.13. The standard InChI is InChI=1S/C15H21ClFN3O3S/c1-18-15(19-7-10-4-5-24(22,23)9-10)20-8-14(21)11-2-3-12(16)13(17)6-11/h2-3,6,10,14,21H,4-5,7-9H2,1H3,(H2,18,19,20). The lowest BCUT2D eigenvalue weighted by Gasteiger charge is -2.17. The molecule has 2 unspecified atom stereocenters. The second-order valence-corrected chi connectivity index (χ2v) is 8.43. The number of sulfone groups is 1. The van der Waals surface area contributed by atoms with E-state index in [-0.39, 0.29) is 29.0 Å². The van der Waals surface area contributed by atoms with Crippen LogP contribution in [0.1, 0.15) is 18.1 Å². The Hall–Kier alpha value is -1.38. The van der Waals surface area contributed by atoms with Gasteiger partial charge in [-0.15, -0.1) is 0 Å². The van der Waals surface area contributed by atoms with Crippen LogP contribution in [0, 0.1) is 11.7 Å². The van der Waals surface area contributed by atoms with Crippen LogP contribution in [-0.2, 0) is 9.84 Å². The van der Waals surface area contributed by atoms with Gasteiger partial charge in [0.05, 0.1) is 22.6 Å². The molecule has 9 heteroatoms. The number of aliphatic hydroxyl groups excluding tert-OH is 1. The zero-order valence-corrected chi connectivity index (χ0v) is 14.9. The van der Waals surface area contributed by atoms with Gasteiger partial charge in [-0.3, -0.25) is 4.99 Å². The Morgan fingerprint density at radius 2 is 2.25 bits per heavy atom. The SMILES string of the molecule is CN=C(NCC1CCS(=O)(=O)C1)NCC(O)c1ccc(Cl)c(F)c1. The fourth-order valence-corrected chi connectivity index (χ4v) is 4.50. The van der Waals surface area contributed by atoms with Gasteiger partial charge in [0, 0.05) is 20.1 Å². The van der Waals surface area contributed by atoms with Crippen molar-refractivity contribution in [2.24, 2.45) is 10.9 Å². The van der Waals surface area contributed by atoms with Gasteiger partial charge in [0.25, 0.3) is 0 Å². The Kier molecular flexibility index (Phi) is 6.42. The first-order valence-electron chi connectivity index (χ1n) is 7.58. The lowest BCUT2D eigenvalue weighted by molar-refractivity contribution is 0.180. The average molecular weight is 378 g/mol. The molecule has 1 aromatic rings. The smallest absolute Gasteiger partial charge is 0.191 e. The second-order valence-electron chi connectivity index (χ2n) is 5.79. The normalized spacial score (nSPS) is 21.5. The number of rotatable bonds is 5. The summed E-state index contributed by atoms with van der Waals surface area (Å²) in [5.41, 5.74) is 0.404. The van der Waals surface area contributed by atoms with Crippen LogP contribution in [0.25, 0.3) is 0 Å². The first kappa shape index (κ1) is 19.0. The molecule has 0 amide bonds. The molecule has 134 valence electrons. The van der Waals surface area contributed by atoms with Crippen LogP contribution >= 0.6 is 11.6 Å². The summed E-state index contributed by atoms with van der Waals surface area (Å²) < 4.78 is 36.3. The van der Waals surface area contributed by atoms with Crippen LogP contribution in [0.5, 0.6) is 0 Å². The van der Waals surface area contributed by atoms with Crippen molar-refractivity contribution in [2.75, 3.05) is 31.6 Å². The predicted octanol–water partition coefficient (Wildman–Crippen LogP) is 1.11. The van der Waals surface area contributed by atoms with E-state index >= 15 is 0 Å². The fourth-order valence-electron chi connectivity index (χ4n) is 2.53. The van der Waals surface area contributed by atoms with Crippen molar-refractivity contribution in [1.82, 2.24) is 10.6 Å². The van der Waals surface area contributed by atoms with Gasteiger partial charge in [0.2, 0.25) is 0 Å². The maximum Gasteiger partial charge on any atom is 0.191 e. The molecule has 0 aliphatic carbocycles. The number of guanidine groups is 1. The highest BCUT2D eigenvalue weighted by Crippen LogP contribution is 2.20. The highest BCUT2D eigenvalue weighted by Gasteiger charge is 2.27. The first-order valence-corrected chi connectivity index (χ1v) is 9.78. The highest BCUT2D eigenvalue weighted by molar-refractivity contribution is 7.91. The second kappa shape index (κ2) is 8.13. The highest BCUT2D eigenvalue weighted by atomic mass is 35.5. The van der Waals surface area contributed by atoms with Crippen LogP contribution in [0.15, 0.2) is 23.2 Å². The summed E-state index contributed by atoms with van der Waals surface area (Å²) in [5, 5.41) is 16.1. The number of hydrogen-bond donors (Lipinski definition) is 3. The maximum atomic E-state index is 13.4. The van der Waals surface area contributed by atoms with Gasteiger partial charge in [0.1, 0.15) is 5.82 Å². The zero-order valence-electron chi connectivity index (χ0n) is 13.3. The van der Waals surface area contributed by atoms with Crippen LogP contribution < -0.4 is 10.6 Å². The molecule has 1 heterocycles. The molecule has 0 radical (unpaired) electrons. The molecule has 2 atom stereocenters. The van der Waals surface area contributed by atoms with Gasteiger partial charge in [-0.25, -0.2) is 12.8 Å². The van der Waals surface area contributed by atoms with E-state index in [2.05, 4.69) is 15.6 Å². The third-order valence-electron chi connectivity index (χ3n) is 3.90. The summed E-state index contributed by atoms with van der Waals surface area (Å²) in [4.78, 5) is 4.02. The summed E-state index contributed by atoms with van der Waals surface area (Å²) in [7, 11) is -1.33. The Balaban J connectivity index is 1.81. The maximum absolute atomic E-state index is 13.4. The van der Waals surface area contributed by atoms with Gasteiger partial charge < -0.3 is 15.7 Å². The molecule has 0 bridgehead atoms. The monoisotopic (exact) mass is 377 g/mol. The molecule has 1 aliphatic rings. The molecule has 6 nitrogen and oxygen atoms in total. The van der Waals surface area contributed by atoms with Crippen molar-refractivity contribution in [1.29, 1.82) is 0 Å². The van der Waals surface area contributed by atoms with Crippen LogP contribution in [-0.4, -0.2) is 51.1 Å². The van der Waals surface area contributed by atoms with Gasteiger partial charge in [0.15, 0.2) is 15.8 Å². The molecule has 0 saturated carbocycles. The number of hydrogen-bond acceptors (Lipinski definition) is 4. The number of halogens is 2. The summed E-state index contributed by atoms with van der Waals surface area (Å²) in [5.74, 6) is 0.338. The molecular formula is C15H21ClFN3O3S. The fraction of sp³-hybridized carbons (Fsp3) is 0.533. The number of nitrogens with one attached hydrogen (secondary N) is 2. The lowest BCUT2D eigenvalue weighted by atomic mass is 10.1. The van der Waals surface area contributed by atoms with Crippen molar-refractivity contribution < 1.29 is 17.9 Å². The molecule has 1 aliphatic heterocycles. The van der Waals surface area contributed by atoms with E-state index in [4.69, 9.17) is 11.6 Å². The van der Waals surface area contributed by atoms with Crippen molar-refractivity contribution in [3.05, 3.63) is 34.6 Å². The predicted molar refractivity (Wildman–Crippen MR) is 92.5 cm³/mol. The third-order valence-corrected chi connectivity index (χ3v) is 6.04. The summed E-state index contributed by atoms with van der Waals surface area (Å²) >= 11 is 5.61. The van der Waals surface area contributed by atoms with E-state index in [9.17, 15) is 17.9 Å². The van der Waals surface area contributed by atoms with E-state index in [0.717, 1.165) is 0 Å². The van der Waals surface area contributed by atoms with Gasteiger partial charge in [-0.05, 0) is 30.0 Å². The molecule has 0 spiro atoms. The largest absolute Gasteiger partial charge is 0.387 e. The molecular weight excluding hydrogens is 357 g/mol. The minimum Gasteiger partial charge on any atom is -0.387 e. The van der Waals surface area contributed by atoms with E-state index < -0.39 is 21.8 Å². The topological polar surface area (TPSA) is 90.8 Å². The summed E-state index contributed by atoms with van der Waals surface area (Å²) in [6.45, 7) is 0.619. The Morgan fingerprint density at radius 3 is 2.83 bits per heavy atom. The minimum absolute atomic E-state index is 0.00269. The van der Waals surface area contributed by atoms with Gasteiger partial charge in [-0.2, -0.15) is 0 Å². The lowest BCUT2D eigenvalue weighted by Crippen LogP contribution is -2.41. The summed E-state index contributed by atoms with van der Waals surface area (Å²) in [6.07, 6.45) is -0.291. The van der Waals surface area contributed by atoms with Crippen LogP contribution in [0.2, 0.25) is 5.02 Å². The van der Waals surface area contributed by atoms with E-state index in [1.165, 1.54) is 12.1 Å². The Bertz CT molecular complexity index is 712. The van der Waals surface area contributed by atoms with Crippen LogP contribution in [0.4, 0.5) is 4.39 Å². The molecule has 24 heavy (non-hydrogen) atoms. The van der Waals surface area contributed by atoms with Gasteiger partial charge >= 0.3 is 0 Å². The first-order chi connectivity index (χ1) is 11.3. The minimum atomic E-state index is -2.91. The number of aliphatic imine (C=N–C) groups is 1. The molecule has 1 aromatic carbocycles. The molecule has 1 fully saturated rings. The Morgan fingerprint density at radius 1 is 1.50 bits per heavy atom. The molecule has 2 rings (SSSR count). The van der Waals surface area contributed by atoms with Crippen LogP contribution in [0.3, 0.4) is 0 Å². The third kappa shape index (κ3) is 5.32. The molecule has 3 N–H and O–H groups in total. The zero-order chi connectivity index (χ0) is 17.7. The van der Waals surface area contributed by atoms with E-state index in [0.29, 0.717) is 24.5 Å². The number of benzene rings is 1. The van der Waals surface area contributed by atoms with Gasteiger partial charge in [-0.1, -0.05) is 17.7 Å². The van der Waals surface area contributed by atoms with Crippen molar-refractivity contribution in [2.45, 2.75) is 12.5 Å². The van der Waals surface area contributed by atoms with Crippen molar-refractivity contribution in [3.8, 4) is 0 Å². The van der Waals surface area contributed by atoms with Crippen molar-refractivity contribution in [3.63, 3.8) is 0 Å². The number of nitrogens with zero attached hydrogens (tertiary/aromatic N) is 1. The van der Waals surface area contributed by atoms with Crippen molar-refractivity contribution >= 4 is 27.4 Å². The van der Waals surface area contributed by atoms with E-state index in [1.54, 1.807) is 13.1 Å².